The number of anilines is 1. The zero-order valence-corrected chi connectivity index (χ0v) is 9.79. The topological polar surface area (TPSA) is 45.1 Å². The van der Waals surface area contributed by atoms with Gasteiger partial charge in [-0.3, -0.25) is 4.98 Å². The first-order valence-corrected chi connectivity index (χ1v) is 5.47. The van der Waals surface area contributed by atoms with Crippen molar-refractivity contribution in [1.82, 2.24) is 4.98 Å². The first-order chi connectivity index (χ1) is 6.72. The summed E-state index contributed by atoms with van der Waals surface area (Å²) in [4.78, 5) is 4.05. The third-order valence-electron chi connectivity index (χ3n) is 1.98. The van der Waals surface area contributed by atoms with E-state index in [2.05, 4.69) is 33.2 Å². The number of hydrogen-bond acceptors (Lipinski definition) is 3. The SMILES string of the molecule is CC(CCO)CNc1cncc(Br)c1. The monoisotopic (exact) mass is 258 g/mol. The van der Waals surface area contributed by atoms with Gasteiger partial charge in [-0.05, 0) is 34.3 Å². The summed E-state index contributed by atoms with van der Waals surface area (Å²) in [6.45, 7) is 3.22. The highest BCUT2D eigenvalue weighted by Gasteiger charge is 2.01. The number of rotatable bonds is 5. The number of aromatic nitrogens is 1. The van der Waals surface area contributed by atoms with Crippen LogP contribution in [-0.2, 0) is 0 Å². The van der Waals surface area contributed by atoms with Crippen LogP contribution in [0.3, 0.4) is 0 Å². The second-order valence-electron chi connectivity index (χ2n) is 3.39. The Bertz CT molecular complexity index is 281. The van der Waals surface area contributed by atoms with Gasteiger partial charge in [-0.1, -0.05) is 6.92 Å². The van der Waals surface area contributed by atoms with Crippen LogP contribution in [0.4, 0.5) is 5.69 Å². The molecule has 0 saturated carbocycles. The van der Waals surface area contributed by atoms with E-state index in [0.29, 0.717) is 5.92 Å². The highest BCUT2D eigenvalue weighted by Crippen LogP contribution is 2.14. The van der Waals surface area contributed by atoms with E-state index < -0.39 is 0 Å². The molecule has 1 rings (SSSR count). The van der Waals surface area contributed by atoms with Gasteiger partial charge in [-0.2, -0.15) is 0 Å². The fourth-order valence-electron chi connectivity index (χ4n) is 1.12. The molecule has 1 aromatic rings. The third-order valence-corrected chi connectivity index (χ3v) is 2.42. The van der Waals surface area contributed by atoms with Crippen LogP contribution < -0.4 is 5.32 Å². The number of aliphatic hydroxyl groups excluding tert-OH is 1. The molecule has 0 bridgehead atoms. The van der Waals surface area contributed by atoms with Crippen LogP contribution in [0, 0.1) is 5.92 Å². The predicted molar refractivity (Wildman–Crippen MR) is 61.3 cm³/mol. The molecule has 0 aliphatic carbocycles. The van der Waals surface area contributed by atoms with Gasteiger partial charge in [-0.25, -0.2) is 0 Å². The maximum absolute atomic E-state index is 8.73. The highest BCUT2D eigenvalue weighted by molar-refractivity contribution is 9.10. The first kappa shape index (κ1) is 11.5. The van der Waals surface area contributed by atoms with E-state index >= 15 is 0 Å². The number of halogens is 1. The standard InChI is InChI=1S/C10H15BrN2O/c1-8(2-3-14)5-13-10-4-9(11)6-12-7-10/h4,6-8,13-14H,2-3,5H2,1H3. The second kappa shape index (κ2) is 5.98. The van der Waals surface area contributed by atoms with Gasteiger partial charge >= 0.3 is 0 Å². The van der Waals surface area contributed by atoms with Crippen LogP contribution in [-0.4, -0.2) is 23.2 Å². The van der Waals surface area contributed by atoms with E-state index in [-0.39, 0.29) is 6.61 Å². The zero-order chi connectivity index (χ0) is 10.4. The molecule has 0 saturated heterocycles. The lowest BCUT2D eigenvalue weighted by atomic mass is 10.1. The molecule has 2 N–H and O–H groups in total. The van der Waals surface area contributed by atoms with Gasteiger partial charge in [0.25, 0.3) is 0 Å². The molecule has 1 heterocycles. The summed E-state index contributed by atoms with van der Waals surface area (Å²) in [7, 11) is 0. The van der Waals surface area contributed by atoms with Crippen molar-refractivity contribution in [1.29, 1.82) is 0 Å². The Balaban J connectivity index is 2.37. The van der Waals surface area contributed by atoms with Crippen molar-refractivity contribution in [2.24, 2.45) is 5.92 Å². The number of nitrogens with one attached hydrogen (secondary N) is 1. The van der Waals surface area contributed by atoms with Gasteiger partial charge in [-0.15, -0.1) is 0 Å². The van der Waals surface area contributed by atoms with Crippen molar-refractivity contribution in [2.75, 3.05) is 18.5 Å². The maximum Gasteiger partial charge on any atom is 0.0538 e. The van der Waals surface area contributed by atoms with E-state index in [1.807, 2.05) is 6.07 Å². The van der Waals surface area contributed by atoms with E-state index in [9.17, 15) is 0 Å². The summed E-state index contributed by atoms with van der Waals surface area (Å²) in [5.74, 6) is 0.471. The Morgan fingerprint density at radius 2 is 2.36 bits per heavy atom. The molecule has 4 heteroatoms. The van der Waals surface area contributed by atoms with Crippen molar-refractivity contribution in [3.63, 3.8) is 0 Å². The van der Waals surface area contributed by atoms with Crippen molar-refractivity contribution in [3.05, 3.63) is 22.9 Å². The molecule has 0 aromatic carbocycles. The zero-order valence-electron chi connectivity index (χ0n) is 8.20. The van der Waals surface area contributed by atoms with Crippen LogP contribution in [0.5, 0.6) is 0 Å². The molecule has 1 unspecified atom stereocenters. The van der Waals surface area contributed by atoms with Crippen LogP contribution in [0.1, 0.15) is 13.3 Å². The van der Waals surface area contributed by atoms with E-state index in [0.717, 1.165) is 23.1 Å². The van der Waals surface area contributed by atoms with Crippen molar-refractivity contribution in [2.45, 2.75) is 13.3 Å². The minimum absolute atomic E-state index is 0.250. The van der Waals surface area contributed by atoms with Gasteiger partial charge < -0.3 is 10.4 Å². The second-order valence-corrected chi connectivity index (χ2v) is 4.31. The highest BCUT2D eigenvalue weighted by atomic mass is 79.9. The summed E-state index contributed by atoms with van der Waals surface area (Å²) < 4.78 is 0.970. The van der Waals surface area contributed by atoms with E-state index in [1.54, 1.807) is 12.4 Å². The molecule has 0 radical (unpaired) electrons. The lowest BCUT2D eigenvalue weighted by molar-refractivity contribution is 0.266. The summed E-state index contributed by atoms with van der Waals surface area (Å²) >= 11 is 3.36. The van der Waals surface area contributed by atoms with Gasteiger partial charge in [0.2, 0.25) is 0 Å². The molecule has 0 aliphatic rings. The molecule has 14 heavy (non-hydrogen) atoms. The largest absolute Gasteiger partial charge is 0.396 e. The van der Waals surface area contributed by atoms with Gasteiger partial charge in [0, 0.05) is 23.8 Å². The molecular weight excluding hydrogens is 244 g/mol. The molecule has 0 amide bonds. The maximum atomic E-state index is 8.73. The molecule has 1 aromatic heterocycles. The van der Waals surface area contributed by atoms with Gasteiger partial charge in [0.1, 0.15) is 0 Å². The van der Waals surface area contributed by atoms with E-state index in [4.69, 9.17) is 5.11 Å². The Morgan fingerprint density at radius 1 is 1.57 bits per heavy atom. The summed E-state index contributed by atoms with van der Waals surface area (Å²) in [5.41, 5.74) is 1.00. The fourth-order valence-corrected chi connectivity index (χ4v) is 1.49. The summed E-state index contributed by atoms with van der Waals surface area (Å²) in [6.07, 6.45) is 4.37. The minimum Gasteiger partial charge on any atom is -0.396 e. The van der Waals surface area contributed by atoms with Gasteiger partial charge in [0.15, 0.2) is 0 Å². The number of pyridine rings is 1. The first-order valence-electron chi connectivity index (χ1n) is 4.67. The number of hydrogen-bond donors (Lipinski definition) is 2. The quantitative estimate of drug-likeness (QED) is 0.852. The average Bonchev–Trinajstić information content (AvgIpc) is 2.15. The predicted octanol–water partition coefficient (Wildman–Crippen LogP) is 2.27. The van der Waals surface area contributed by atoms with Gasteiger partial charge in [0.05, 0.1) is 11.9 Å². The van der Waals surface area contributed by atoms with Crippen LogP contribution in [0.25, 0.3) is 0 Å². The Kier molecular flexibility index (Phi) is 4.90. The Hall–Kier alpha value is -0.610. The van der Waals surface area contributed by atoms with Crippen LogP contribution in [0.2, 0.25) is 0 Å². The minimum atomic E-state index is 0.250. The third kappa shape index (κ3) is 4.07. The summed E-state index contributed by atoms with van der Waals surface area (Å²) in [6, 6.07) is 1.98. The van der Waals surface area contributed by atoms with Crippen molar-refractivity contribution >= 4 is 21.6 Å². The molecule has 0 aliphatic heterocycles. The molecule has 0 fully saturated rings. The Labute approximate surface area is 92.7 Å². The van der Waals surface area contributed by atoms with Crippen LogP contribution >= 0.6 is 15.9 Å². The lowest BCUT2D eigenvalue weighted by Gasteiger charge is -2.11. The smallest absolute Gasteiger partial charge is 0.0538 e. The fraction of sp³-hybridized carbons (Fsp3) is 0.500. The Morgan fingerprint density at radius 3 is 3.00 bits per heavy atom. The van der Waals surface area contributed by atoms with E-state index in [1.165, 1.54) is 0 Å². The number of aliphatic hydroxyl groups is 1. The van der Waals surface area contributed by atoms with Crippen LogP contribution in [0.15, 0.2) is 22.9 Å². The van der Waals surface area contributed by atoms with Crippen molar-refractivity contribution < 1.29 is 5.11 Å². The lowest BCUT2D eigenvalue weighted by Crippen LogP contribution is -2.12. The average molecular weight is 259 g/mol. The molecule has 1 atom stereocenters. The normalized spacial score (nSPS) is 12.5. The van der Waals surface area contributed by atoms with Crippen molar-refractivity contribution in [3.8, 4) is 0 Å². The number of nitrogens with zero attached hydrogens (tertiary/aromatic N) is 1. The summed E-state index contributed by atoms with van der Waals surface area (Å²) in [5, 5.41) is 12.0. The molecule has 0 spiro atoms. The molecule has 78 valence electrons. The molecular formula is C10H15BrN2O. The molecule has 3 nitrogen and oxygen atoms in total.